The molecule has 0 spiro atoms. The van der Waals surface area contributed by atoms with Crippen molar-refractivity contribution in [2.75, 3.05) is 6.54 Å². The first-order valence-electron chi connectivity index (χ1n) is 6.70. The largest absolute Gasteiger partial charge is 0.305 e. The summed E-state index contributed by atoms with van der Waals surface area (Å²) in [6.07, 6.45) is 0.956. The second-order valence-corrected chi connectivity index (χ2v) is 6.71. The van der Waals surface area contributed by atoms with Crippen LogP contribution in [0.1, 0.15) is 41.0 Å². The second-order valence-electron chi connectivity index (χ2n) is 4.60. The molecule has 0 bridgehead atoms. The highest BCUT2D eigenvalue weighted by molar-refractivity contribution is 7.11. The minimum atomic E-state index is 0.0419. The first-order chi connectivity index (χ1) is 9.55. The molecule has 1 N–H and O–H groups in total. The number of nitrogens with one attached hydrogen (secondary N) is 1. The van der Waals surface area contributed by atoms with E-state index in [0.29, 0.717) is 10.0 Å². The van der Waals surface area contributed by atoms with Crippen LogP contribution < -0.4 is 5.32 Å². The number of benzene rings is 1. The molecule has 108 valence electrons. The molecule has 0 aliphatic carbocycles. The standard InChI is InChI=1S/C15H18Cl2N2S/c1-4-13-9(3)20-15(19-13)14(18-5-2)10-6-11(16)8-12(17)7-10/h6-8,14,18H,4-5H2,1-3H3. The van der Waals surface area contributed by atoms with Crippen molar-refractivity contribution in [2.45, 2.75) is 33.2 Å². The normalized spacial score (nSPS) is 12.7. The van der Waals surface area contributed by atoms with Crippen LogP contribution in [0.3, 0.4) is 0 Å². The van der Waals surface area contributed by atoms with Crippen LogP contribution in [0.15, 0.2) is 18.2 Å². The minimum Gasteiger partial charge on any atom is -0.305 e. The Morgan fingerprint density at radius 3 is 2.35 bits per heavy atom. The zero-order valence-corrected chi connectivity index (χ0v) is 14.2. The van der Waals surface area contributed by atoms with E-state index in [0.717, 1.165) is 23.5 Å². The maximum atomic E-state index is 6.12. The fourth-order valence-electron chi connectivity index (χ4n) is 2.20. The number of hydrogen-bond acceptors (Lipinski definition) is 3. The van der Waals surface area contributed by atoms with Gasteiger partial charge in [-0.3, -0.25) is 0 Å². The van der Waals surface area contributed by atoms with Gasteiger partial charge in [0.05, 0.1) is 11.7 Å². The average molecular weight is 329 g/mol. The molecule has 5 heteroatoms. The maximum absolute atomic E-state index is 6.12. The smallest absolute Gasteiger partial charge is 0.115 e. The SMILES string of the molecule is CCNC(c1cc(Cl)cc(Cl)c1)c1nc(CC)c(C)s1. The Bertz CT molecular complexity index is 575. The van der Waals surface area contributed by atoms with E-state index in [2.05, 4.69) is 26.1 Å². The molecule has 0 aliphatic heterocycles. The molecule has 2 rings (SSSR count). The predicted molar refractivity (Wildman–Crippen MR) is 88.2 cm³/mol. The van der Waals surface area contributed by atoms with Crippen LogP contribution in [0.25, 0.3) is 0 Å². The van der Waals surface area contributed by atoms with Crippen LogP contribution in [-0.4, -0.2) is 11.5 Å². The van der Waals surface area contributed by atoms with Crippen molar-refractivity contribution in [3.8, 4) is 0 Å². The van der Waals surface area contributed by atoms with Gasteiger partial charge in [0.15, 0.2) is 0 Å². The Labute approximate surface area is 134 Å². The van der Waals surface area contributed by atoms with Crippen molar-refractivity contribution >= 4 is 34.5 Å². The van der Waals surface area contributed by atoms with E-state index in [4.69, 9.17) is 28.2 Å². The number of thiazole rings is 1. The highest BCUT2D eigenvalue weighted by Crippen LogP contribution is 2.31. The van der Waals surface area contributed by atoms with E-state index in [9.17, 15) is 0 Å². The minimum absolute atomic E-state index is 0.0419. The van der Waals surface area contributed by atoms with Gasteiger partial charge < -0.3 is 5.32 Å². The van der Waals surface area contributed by atoms with Crippen molar-refractivity contribution in [2.24, 2.45) is 0 Å². The summed E-state index contributed by atoms with van der Waals surface area (Å²) in [6, 6.07) is 5.69. The third-order valence-corrected chi connectivity index (χ3v) is 4.63. The van der Waals surface area contributed by atoms with Crippen LogP contribution in [0.4, 0.5) is 0 Å². The second kappa shape index (κ2) is 6.90. The zero-order valence-electron chi connectivity index (χ0n) is 11.8. The fraction of sp³-hybridized carbons (Fsp3) is 0.400. The molecule has 0 fully saturated rings. The third kappa shape index (κ3) is 3.53. The van der Waals surface area contributed by atoms with Gasteiger partial charge in [-0.05, 0) is 43.7 Å². The molecule has 2 nitrogen and oxygen atoms in total. The molecule has 1 aromatic heterocycles. The lowest BCUT2D eigenvalue weighted by Crippen LogP contribution is -2.22. The molecule has 20 heavy (non-hydrogen) atoms. The maximum Gasteiger partial charge on any atom is 0.115 e. The topological polar surface area (TPSA) is 24.9 Å². The van der Waals surface area contributed by atoms with E-state index in [-0.39, 0.29) is 6.04 Å². The van der Waals surface area contributed by atoms with Gasteiger partial charge in [-0.25, -0.2) is 4.98 Å². The van der Waals surface area contributed by atoms with Crippen molar-refractivity contribution in [3.63, 3.8) is 0 Å². The molecule has 0 amide bonds. The van der Waals surface area contributed by atoms with E-state index in [1.807, 2.05) is 12.1 Å². The monoisotopic (exact) mass is 328 g/mol. The van der Waals surface area contributed by atoms with Crippen LogP contribution in [-0.2, 0) is 6.42 Å². The zero-order chi connectivity index (χ0) is 14.7. The van der Waals surface area contributed by atoms with Crippen molar-refractivity contribution in [1.29, 1.82) is 0 Å². The van der Waals surface area contributed by atoms with Crippen LogP contribution in [0.2, 0.25) is 10.0 Å². The van der Waals surface area contributed by atoms with E-state index < -0.39 is 0 Å². The van der Waals surface area contributed by atoms with Gasteiger partial charge in [-0.15, -0.1) is 11.3 Å². The molecule has 1 aromatic carbocycles. The molecular weight excluding hydrogens is 311 g/mol. The summed E-state index contributed by atoms with van der Waals surface area (Å²) in [6.45, 7) is 7.19. The highest BCUT2D eigenvalue weighted by Gasteiger charge is 2.19. The molecule has 1 unspecified atom stereocenters. The van der Waals surface area contributed by atoms with Gasteiger partial charge in [0.2, 0.25) is 0 Å². The molecule has 1 atom stereocenters. The first kappa shape index (κ1) is 15.8. The summed E-state index contributed by atoms with van der Waals surface area (Å²) < 4.78 is 0. The Balaban J connectivity index is 2.43. The quantitative estimate of drug-likeness (QED) is 0.833. The molecule has 1 heterocycles. The Morgan fingerprint density at radius 1 is 1.20 bits per heavy atom. The number of rotatable bonds is 5. The lowest BCUT2D eigenvalue weighted by molar-refractivity contribution is 0.625. The average Bonchev–Trinajstić information content (AvgIpc) is 2.75. The van der Waals surface area contributed by atoms with Gasteiger partial charge in [-0.2, -0.15) is 0 Å². The number of hydrogen-bond donors (Lipinski definition) is 1. The summed E-state index contributed by atoms with van der Waals surface area (Å²) in [5.74, 6) is 0. The number of halogens is 2. The summed E-state index contributed by atoms with van der Waals surface area (Å²) in [7, 11) is 0. The number of aromatic nitrogens is 1. The van der Waals surface area contributed by atoms with Crippen molar-refractivity contribution < 1.29 is 0 Å². The van der Waals surface area contributed by atoms with Gasteiger partial charge in [0.1, 0.15) is 5.01 Å². The predicted octanol–water partition coefficient (Wildman–Crippen LogP) is 5.02. The number of aryl methyl sites for hydroxylation is 2. The van der Waals surface area contributed by atoms with Crippen LogP contribution in [0.5, 0.6) is 0 Å². The summed E-state index contributed by atoms with van der Waals surface area (Å²) >= 11 is 14.0. The van der Waals surface area contributed by atoms with Crippen LogP contribution >= 0.6 is 34.5 Å². The Morgan fingerprint density at radius 2 is 1.85 bits per heavy atom. The lowest BCUT2D eigenvalue weighted by Gasteiger charge is -2.16. The summed E-state index contributed by atoms with van der Waals surface area (Å²) in [5.41, 5.74) is 2.22. The molecular formula is C15H18Cl2N2S. The molecule has 0 aliphatic rings. The van der Waals surface area contributed by atoms with Crippen LogP contribution in [0, 0.1) is 6.92 Å². The van der Waals surface area contributed by atoms with Gasteiger partial charge in [-0.1, -0.05) is 37.0 Å². The lowest BCUT2D eigenvalue weighted by atomic mass is 10.1. The first-order valence-corrected chi connectivity index (χ1v) is 8.28. The van der Waals surface area contributed by atoms with Gasteiger partial charge in [0, 0.05) is 14.9 Å². The molecule has 0 saturated carbocycles. The third-order valence-electron chi connectivity index (χ3n) is 3.12. The number of nitrogens with zero attached hydrogens (tertiary/aromatic N) is 1. The fourth-order valence-corrected chi connectivity index (χ4v) is 3.85. The Hall–Kier alpha value is -0.610. The molecule has 0 radical (unpaired) electrons. The molecule has 0 saturated heterocycles. The summed E-state index contributed by atoms with van der Waals surface area (Å²) in [5, 5.41) is 5.84. The van der Waals surface area contributed by atoms with Gasteiger partial charge in [0.25, 0.3) is 0 Å². The van der Waals surface area contributed by atoms with Crippen molar-refractivity contribution in [1.82, 2.24) is 10.3 Å². The van der Waals surface area contributed by atoms with Gasteiger partial charge >= 0.3 is 0 Å². The van der Waals surface area contributed by atoms with E-state index >= 15 is 0 Å². The summed E-state index contributed by atoms with van der Waals surface area (Å²) in [4.78, 5) is 6.03. The molecule has 2 aromatic rings. The van der Waals surface area contributed by atoms with E-state index in [1.54, 1.807) is 17.4 Å². The highest BCUT2D eigenvalue weighted by atomic mass is 35.5. The van der Waals surface area contributed by atoms with Crippen molar-refractivity contribution in [3.05, 3.63) is 49.4 Å². The van der Waals surface area contributed by atoms with E-state index in [1.165, 1.54) is 10.6 Å². The Kier molecular flexibility index (Phi) is 5.44.